The van der Waals surface area contributed by atoms with Crippen molar-refractivity contribution in [3.63, 3.8) is 0 Å². The largest absolute Gasteiger partial charge is 0.364 e. The van der Waals surface area contributed by atoms with Gasteiger partial charge in [-0.3, -0.25) is 4.79 Å². The monoisotopic (exact) mass is 283 g/mol. The van der Waals surface area contributed by atoms with E-state index >= 15 is 0 Å². The van der Waals surface area contributed by atoms with Crippen molar-refractivity contribution in [3.8, 4) is 0 Å². The number of aromatic nitrogens is 2. The van der Waals surface area contributed by atoms with Gasteiger partial charge in [0, 0.05) is 30.2 Å². The highest BCUT2D eigenvalue weighted by atomic mass is 32.2. The van der Waals surface area contributed by atoms with Crippen molar-refractivity contribution in [2.24, 2.45) is 0 Å². The topological polar surface area (TPSA) is 46.9 Å². The molecule has 4 nitrogen and oxygen atoms in total. The lowest BCUT2D eigenvalue weighted by molar-refractivity contribution is 0.572. The summed E-state index contributed by atoms with van der Waals surface area (Å²) < 4.78 is 1.90. The molecule has 0 aliphatic carbocycles. The number of nitrogens with zero attached hydrogens (tertiary/aromatic N) is 2. The van der Waals surface area contributed by atoms with Gasteiger partial charge in [0.2, 0.25) is 0 Å². The van der Waals surface area contributed by atoms with E-state index in [-0.39, 0.29) is 10.3 Å². The maximum atomic E-state index is 12.2. The third kappa shape index (κ3) is 4.00. The lowest BCUT2D eigenvalue weighted by Gasteiger charge is -2.29. The Balaban J connectivity index is 2.83. The fraction of sp³-hybridized carbons (Fsp3) is 0.714. The molecule has 1 heterocycles. The average Bonchev–Trinajstić information content (AvgIpc) is 2.45. The molecule has 0 atom stereocenters. The Bertz CT molecular complexity index is 432. The molecule has 0 saturated carbocycles. The van der Waals surface area contributed by atoms with Crippen molar-refractivity contribution >= 4 is 17.6 Å². The summed E-state index contributed by atoms with van der Waals surface area (Å²) >= 11 is 1.86. The molecule has 0 fully saturated rings. The summed E-state index contributed by atoms with van der Waals surface area (Å²) in [5, 5.41) is 3.24. The fourth-order valence-corrected chi connectivity index (χ4v) is 2.89. The zero-order chi connectivity index (χ0) is 14.3. The minimum absolute atomic E-state index is 0.0217. The van der Waals surface area contributed by atoms with E-state index in [1.807, 2.05) is 11.8 Å². The van der Waals surface area contributed by atoms with Crippen LogP contribution in [-0.2, 0) is 6.54 Å². The van der Waals surface area contributed by atoms with Gasteiger partial charge in [-0.2, -0.15) is 11.8 Å². The molecule has 0 bridgehead atoms. The second-order valence-corrected chi connectivity index (χ2v) is 6.00. The van der Waals surface area contributed by atoms with Gasteiger partial charge < -0.3 is 9.88 Å². The Morgan fingerprint density at radius 2 is 2.05 bits per heavy atom. The first-order valence-electron chi connectivity index (χ1n) is 6.97. The van der Waals surface area contributed by atoms with Crippen LogP contribution in [0.25, 0.3) is 0 Å². The minimum atomic E-state index is -0.0217. The normalized spacial score (nSPS) is 11.6. The van der Waals surface area contributed by atoms with E-state index in [0.717, 1.165) is 32.4 Å². The Kier molecular flexibility index (Phi) is 6.42. The van der Waals surface area contributed by atoms with Crippen LogP contribution in [-0.4, -0.2) is 27.1 Å². The van der Waals surface area contributed by atoms with Gasteiger partial charge in [-0.15, -0.1) is 0 Å². The summed E-state index contributed by atoms with van der Waals surface area (Å²) in [6.07, 6.45) is 8.67. The molecule has 0 amide bonds. The standard InChI is InChI=1S/C14H25N3OS/c1-5-9-17-10-8-15-12(13(17)18)16-11-14(6-2,7-3)19-4/h8,10H,5-7,9,11H2,1-4H3,(H,15,16). The van der Waals surface area contributed by atoms with Gasteiger partial charge in [0.1, 0.15) is 0 Å². The third-order valence-corrected chi connectivity index (χ3v) is 5.27. The van der Waals surface area contributed by atoms with Crippen LogP contribution in [0, 0.1) is 0 Å². The summed E-state index contributed by atoms with van der Waals surface area (Å²) in [6, 6.07) is 0. The summed E-state index contributed by atoms with van der Waals surface area (Å²) in [5.41, 5.74) is -0.0217. The predicted molar refractivity (Wildman–Crippen MR) is 84.1 cm³/mol. The molecule has 108 valence electrons. The van der Waals surface area contributed by atoms with Crippen molar-refractivity contribution in [2.75, 3.05) is 18.1 Å². The molecule has 5 heteroatoms. The molecule has 0 aliphatic heterocycles. The van der Waals surface area contributed by atoms with Gasteiger partial charge in [-0.1, -0.05) is 20.8 Å². The van der Waals surface area contributed by atoms with E-state index in [4.69, 9.17) is 0 Å². The van der Waals surface area contributed by atoms with Crippen LogP contribution >= 0.6 is 11.8 Å². The van der Waals surface area contributed by atoms with Gasteiger partial charge in [0.05, 0.1) is 0 Å². The molecule has 0 saturated heterocycles. The molecule has 0 radical (unpaired) electrons. The minimum Gasteiger partial charge on any atom is -0.364 e. The molecule has 1 N–H and O–H groups in total. The van der Waals surface area contributed by atoms with E-state index in [0.29, 0.717) is 5.82 Å². The predicted octanol–water partition coefficient (Wildman–Crippen LogP) is 2.99. The zero-order valence-corrected chi connectivity index (χ0v) is 13.2. The summed E-state index contributed by atoms with van der Waals surface area (Å²) in [4.78, 5) is 16.3. The second-order valence-electron chi connectivity index (χ2n) is 4.72. The smallest absolute Gasteiger partial charge is 0.293 e. The highest BCUT2D eigenvalue weighted by Crippen LogP contribution is 2.30. The van der Waals surface area contributed by atoms with Gasteiger partial charge in [0.25, 0.3) is 5.56 Å². The number of rotatable bonds is 8. The first-order valence-corrected chi connectivity index (χ1v) is 8.19. The van der Waals surface area contributed by atoms with Crippen LogP contribution in [0.5, 0.6) is 0 Å². The van der Waals surface area contributed by atoms with Gasteiger partial charge in [-0.05, 0) is 25.5 Å². The van der Waals surface area contributed by atoms with Crippen LogP contribution in [0.15, 0.2) is 17.2 Å². The second kappa shape index (κ2) is 7.58. The maximum absolute atomic E-state index is 12.2. The van der Waals surface area contributed by atoms with Gasteiger partial charge >= 0.3 is 0 Å². The van der Waals surface area contributed by atoms with Crippen molar-refractivity contribution in [1.82, 2.24) is 9.55 Å². The Labute approximate surface area is 120 Å². The number of anilines is 1. The molecule has 1 aromatic rings. The van der Waals surface area contributed by atoms with Crippen LogP contribution < -0.4 is 10.9 Å². The fourth-order valence-electron chi connectivity index (χ4n) is 2.09. The summed E-state index contributed by atoms with van der Waals surface area (Å²) in [6.45, 7) is 7.96. The number of hydrogen-bond acceptors (Lipinski definition) is 4. The van der Waals surface area contributed by atoms with Crippen molar-refractivity contribution in [1.29, 1.82) is 0 Å². The molecular weight excluding hydrogens is 258 g/mol. The lowest BCUT2D eigenvalue weighted by atomic mass is 10.0. The van der Waals surface area contributed by atoms with E-state index in [2.05, 4.69) is 37.3 Å². The molecular formula is C14H25N3OS. The zero-order valence-electron chi connectivity index (χ0n) is 12.4. The van der Waals surface area contributed by atoms with E-state index in [1.165, 1.54) is 0 Å². The van der Waals surface area contributed by atoms with Gasteiger partial charge in [-0.25, -0.2) is 4.98 Å². The van der Waals surface area contributed by atoms with Crippen LogP contribution in [0.4, 0.5) is 5.82 Å². The van der Waals surface area contributed by atoms with Crippen LogP contribution in [0.1, 0.15) is 40.0 Å². The van der Waals surface area contributed by atoms with Crippen LogP contribution in [0.2, 0.25) is 0 Å². The average molecular weight is 283 g/mol. The number of hydrogen-bond donors (Lipinski definition) is 1. The maximum Gasteiger partial charge on any atom is 0.293 e. The Hall–Kier alpha value is -0.970. The Morgan fingerprint density at radius 1 is 1.37 bits per heavy atom. The lowest BCUT2D eigenvalue weighted by Crippen LogP contribution is -2.34. The third-order valence-electron chi connectivity index (χ3n) is 3.68. The molecule has 19 heavy (non-hydrogen) atoms. The van der Waals surface area contributed by atoms with Crippen molar-refractivity contribution in [2.45, 2.75) is 51.3 Å². The van der Waals surface area contributed by atoms with Crippen molar-refractivity contribution in [3.05, 3.63) is 22.7 Å². The highest BCUT2D eigenvalue weighted by molar-refractivity contribution is 8.00. The molecule has 0 aliphatic rings. The molecule has 0 unspecified atom stereocenters. The number of thioether (sulfide) groups is 1. The highest BCUT2D eigenvalue weighted by Gasteiger charge is 2.25. The van der Waals surface area contributed by atoms with Crippen LogP contribution in [0.3, 0.4) is 0 Å². The molecule has 0 spiro atoms. The number of nitrogens with one attached hydrogen (secondary N) is 1. The quantitative estimate of drug-likeness (QED) is 0.797. The van der Waals surface area contributed by atoms with E-state index in [9.17, 15) is 4.79 Å². The van der Waals surface area contributed by atoms with Crippen molar-refractivity contribution < 1.29 is 0 Å². The van der Waals surface area contributed by atoms with Gasteiger partial charge in [0.15, 0.2) is 5.82 Å². The Morgan fingerprint density at radius 3 is 2.58 bits per heavy atom. The molecule has 1 rings (SSSR count). The SMILES string of the molecule is CCCn1ccnc(NCC(CC)(CC)SC)c1=O. The van der Waals surface area contributed by atoms with E-state index in [1.54, 1.807) is 17.0 Å². The van der Waals surface area contributed by atoms with E-state index < -0.39 is 0 Å². The first kappa shape index (κ1) is 16.1. The number of aryl methyl sites for hydroxylation is 1. The first-order chi connectivity index (χ1) is 9.12. The summed E-state index contributed by atoms with van der Waals surface area (Å²) in [7, 11) is 0. The molecule has 1 aromatic heterocycles. The summed E-state index contributed by atoms with van der Waals surface area (Å²) in [5.74, 6) is 0.469. The molecule has 0 aromatic carbocycles.